The van der Waals surface area contributed by atoms with Crippen LogP contribution in [0.4, 0.5) is 5.69 Å². The molecule has 0 spiro atoms. The van der Waals surface area contributed by atoms with Gasteiger partial charge in [-0.05, 0) is 36.4 Å². The molecule has 0 radical (unpaired) electrons. The Kier molecular flexibility index (Phi) is 3.99. The summed E-state index contributed by atoms with van der Waals surface area (Å²) in [4.78, 5) is 18.2. The fraction of sp³-hybridized carbons (Fsp3) is 0. The SMILES string of the molecule is N#C/C(=C/c1cccn1-c1cccc([N+](=O)[O-])c1)c1nc2ccccc2[nH]1. The molecule has 0 bridgehead atoms. The minimum absolute atomic E-state index is 0.00826. The maximum absolute atomic E-state index is 11.0. The van der Waals surface area contributed by atoms with Crippen LogP contribution in [0.15, 0.2) is 66.9 Å². The molecule has 0 amide bonds. The summed E-state index contributed by atoms with van der Waals surface area (Å²) >= 11 is 0. The number of aromatic nitrogens is 3. The van der Waals surface area contributed by atoms with Gasteiger partial charge in [0, 0.05) is 24.0 Å². The van der Waals surface area contributed by atoms with Gasteiger partial charge in [-0.3, -0.25) is 10.1 Å². The van der Waals surface area contributed by atoms with Crippen molar-refractivity contribution < 1.29 is 4.92 Å². The number of imidazole rings is 1. The molecule has 0 saturated heterocycles. The second-order valence-electron chi connectivity index (χ2n) is 5.85. The fourth-order valence-corrected chi connectivity index (χ4v) is 2.89. The van der Waals surface area contributed by atoms with E-state index < -0.39 is 4.92 Å². The summed E-state index contributed by atoms with van der Waals surface area (Å²) in [5.41, 5.74) is 3.37. The Hall–Kier alpha value is -4.18. The van der Waals surface area contributed by atoms with Gasteiger partial charge >= 0.3 is 0 Å². The molecule has 0 fully saturated rings. The number of nitrogens with one attached hydrogen (secondary N) is 1. The zero-order valence-corrected chi connectivity index (χ0v) is 14.0. The minimum Gasteiger partial charge on any atom is -0.337 e. The lowest BCUT2D eigenvalue weighted by Crippen LogP contribution is -1.97. The number of allylic oxidation sites excluding steroid dienone is 1. The van der Waals surface area contributed by atoms with Crippen molar-refractivity contribution in [1.82, 2.24) is 14.5 Å². The number of benzene rings is 2. The molecular weight excluding hydrogens is 342 g/mol. The zero-order valence-electron chi connectivity index (χ0n) is 14.0. The van der Waals surface area contributed by atoms with Gasteiger partial charge in [0.15, 0.2) is 0 Å². The number of hydrogen-bond donors (Lipinski definition) is 1. The molecule has 4 aromatic rings. The third-order valence-electron chi connectivity index (χ3n) is 4.16. The lowest BCUT2D eigenvalue weighted by atomic mass is 10.2. The quantitative estimate of drug-likeness (QED) is 0.334. The first-order valence-corrected chi connectivity index (χ1v) is 8.15. The minimum atomic E-state index is -0.433. The van der Waals surface area contributed by atoms with Crippen LogP contribution in [-0.2, 0) is 0 Å². The highest BCUT2D eigenvalue weighted by Crippen LogP contribution is 2.23. The normalized spacial score (nSPS) is 11.4. The van der Waals surface area contributed by atoms with Crippen molar-refractivity contribution in [2.75, 3.05) is 0 Å². The molecule has 0 aliphatic rings. The number of H-pyrrole nitrogens is 1. The monoisotopic (exact) mass is 355 g/mol. The van der Waals surface area contributed by atoms with Crippen LogP contribution >= 0.6 is 0 Å². The van der Waals surface area contributed by atoms with Crippen molar-refractivity contribution in [2.45, 2.75) is 0 Å². The predicted octanol–water partition coefficient (Wildman–Crippen LogP) is 4.33. The maximum Gasteiger partial charge on any atom is 0.271 e. The number of fused-ring (bicyclic) bond motifs is 1. The Morgan fingerprint density at radius 1 is 1.19 bits per heavy atom. The Morgan fingerprint density at radius 3 is 2.81 bits per heavy atom. The number of aromatic amines is 1. The Morgan fingerprint density at radius 2 is 2.04 bits per heavy atom. The number of para-hydroxylation sites is 2. The van der Waals surface area contributed by atoms with E-state index in [1.165, 1.54) is 12.1 Å². The number of hydrogen-bond acceptors (Lipinski definition) is 4. The first-order chi connectivity index (χ1) is 13.2. The van der Waals surface area contributed by atoms with E-state index in [9.17, 15) is 15.4 Å². The van der Waals surface area contributed by atoms with Gasteiger partial charge in [-0.25, -0.2) is 4.98 Å². The number of rotatable bonds is 4. The van der Waals surface area contributed by atoms with E-state index in [0.717, 1.165) is 11.0 Å². The number of nitro groups is 1. The van der Waals surface area contributed by atoms with Crippen LogP contribution in [0.1, 0.15) is 11.5 Å². The average Bonchev–Trinajstić information content (AvgIpc) is 3.32. The molecule has 2 heterocycles. The molecule has 7 heteroatoms. The number of nitro benzene ring substituents is 1. The van der Waals surface area contributed by atoms with Gasteiger partial charge in [0.25, 0.3) is 5.69 Å². The fourth-order valence-electron chi connectivity index (χ4n) is 2.89. The van der Waals surface area contributed by atoms with E-state index in [1.54, 1.807) is 29.0 Å². The first kappa shape index (κ1) is 16.3. The van der Waals surface area contributed by atoms with Crippen LogP contribution in [0.3, 0.4) is 0 Å². The Balaban J connectivity index is 1.78. The molecule has 0 atom stereocenters. The predicted molar refractivity (Wildman–Crippen MR) is 102 cm³/mol. The van der Waals surface area contributed by atoms with Gasteiger partial charge in [-0.15, -0.1) is 0 Å². The largest absolute Gasteiger partial charge is 0.337 e. The summed E-state index contributed by atoms with van der Waals surface area (Å²) in [7, 11) is 0. The van der Waals surface area contributed by atoms with Gasteiger partial charge in [0.2, 0.25) is 0 Å². The van der Waals surface area contributed by atoms with E-state index in [0.29, 0.717) is 22.8 Å². The van der Waals surface area contributed by atoms with Gasteiger partial charge < -0.3 is 9.55 Å². The van der Waals surface area contributed by atoms with E-state index in [-0.39, 0.29) is 5.69 Å². The van der Waals surface area contributed by atoms with Crippen LogP contribution in [0.5, 0.6) is 0 Å². The molecule has 0 aliphatic heterocycles. The molecule has 27 heavy (non-hydrogen) atoms. The molecule has 2 aromatic carbocycles. The van der Waals surface area contributed by atoms with E-state index in [1.807, 2.05) is 36.4 Å². The molecule has 1 N–H and O–H groups in total. The standard InChI is InChI=1S/C20H13N5O2/c21-13-14(20-22-18-8-1-2-9-19(18)23-20)11-15-7-4-10-24(15)16-5-3-6-17(12-16)25(26)27/h1-12H,(H,22,23)/b14-11-. The van der Waals surface area contributed by atoms with Crippen molar-refractivity contribution in [2.24, 2.45) is 0 Å². The summed E-state index contributed by atoms with van der Waals surface area (Å²) in [5, 5.41) is 20.6. The molecule has 0 aliphatic carbocycles. The lowest BCUT2D eigenvalue weighted by Gasteiger charge is -2.06. The summed E-state index contributed by atoms with van der Waals surface area (Å²) in [6, 6.07) is 19.7. The number of nitriles is 1. The van der Waals surface area contributed by atoms with Gasteiger partial charge in [-0.2, -0.15) is 5.26 Å². The Labute approximate surface area is 154 Å². The average molecular weight is 355 g/mol. The molecule has 0 unspecified atom stereocenters. The zero-order chi connectivity index (χ0) is 18.8. The number of non-ortho nitro benzene ring substituents is 1. The van der Waals surface area contributed by atoms with Crippen LogP contribution in [0.25, 0.3) is 28.4 Å². The highest BCUT2D eigenvalue weighted by atomic mass is 16.6. The third-order valence-corrected chi connectivity index (χ3v) is 4.16. The highest BCUT2D eigenvalue weighted by Gasteiger charge is 2.11. The topological polar surface area (TPSA) is 101 Å². The smallest absolute Gasteiger partial charge is 0.271 e. The van der Waals surface area contributed by atoms with Gasteiger partial charge in [-0.1, -0.05) is 18.2 Å². The summed E-state index contributed by atoms with van der Waals surface area (Å²) in [6.07, 6.45) is 3.50. The first-order valence-electron chi connectivity index (χ1n) is 8.15. The highest BCUT2D eigenvalue weighted by molar-refractivity contribution is 5.90. The van der Waals surface area contributed by atoms with E-state index in [4.69, 9.17) is 0 Å². The Bertz CT molecular complexity index is 1190. The molecule has 4 rings (SSSR count). The maximum atomic E-state index is 11.0. The third kappa shape index (κ3) is 3.07. The lowest BCUT2D eigenvalue weighted by molar-refractivity contribution is -0.384. The second kappa shape index (κ2) is 6.61. The van der Waals surface area contributed by atoms with Crippen LogP contribution < -0.4 is 0 Å². The van der Waals surface area contributed by atoms with Crippen molar-refractivity contribution in [3.8, 4) is 11.8 Å². The van der Waals surface area contributed by atoms with Crippen molar-refractivity contribution in [1.29, 1.82) is 5.26 Å². The van der Waals surface area contributed by atoms with Crippen molar-refractivity contribution in [3.63, 3.8) is 0 Å². The number of nitrogens with zero attached hydrogens (tertiary/aromatic N) is 4. The van der Waals surface area contributed by atoms with Crippen molar-refractivity contribution >= 4 is 28.4 Å². The van der Waals surface area contributed by atoms with Crippen molar-refractivity contribution in [3.05, 3.63) is 88.5 Å². The summed E-state index contributed by atoms with van der Waals surface area (Å²) in [5.74, 6) is 0.477. The molecule has 130 valence electrons. The van der Waals surface area contributed by atoms with Gasteiger partial charge in [0.05, 0.1) is 27.2 Å². The summed E-state index contributed by atoms with van der Waals surface area (Å²) in [6.45, 7) is 0. The van der Waals surface area contributed by atoms with E-state index >= 15 is 0 Å². The molecule has 7 nitrogen and oxygen atoms in total. The van der Waals surface area contributed by atoms with E-state index in [2.05, 4.69) is 16.0 Å². The van der Waals surface area contributed by atoms with Crippen LogP contribution in [0, 0.1) is 21.4 Å². The molecule has 2 aromatic heterocycles. The van der Waals surface area contributed by atoms with Crippen LogP contribution in [0.2, 0.25) is 0 Å². The van der Waals surface area contributed by atoms with Crippen LogP contribution in [-0.4, -0.2) is 19.5 Å². The summed E-state index contributed by atoms with van der Waals surface area (Å²) < 4.78 is 1.78. The van der Waals surface area contributed by atoms with Gasteiger partial charge in [0.1, 0.15) is 11.9 Å². The second-order valence-corrected chi connectivity index (χ2v) is 5.85. The molecule has 0 saturated carbocycles. The molecular formula is C20H13N5O2.